The minimum Gasteiger partial charge on any atom is -0.320 e. The van der Waals surface area contributed by atoms with Crippen LogP contribution in [0.3, 0.4) is 0 Å². The maximum atomic E-state index is 15.0. The van der Waals surface area contributed by atoms with Crippen molar-refractivity contribution >= 4 is 55.0 Å². The zero-order valence-electron chi connectivity index (χ0n) is 19.1. The van der Waals surface area contributed by atoms with Gasteiger partial charge in [0.1, 0.15) is 0 Å². The molecule has 214 valence electrons. The van der Waals surface area contributed by atoms with E-state index in [1.165, 1.54) is 18.2 Å². The van der Waals surface area contributed by atoms with E-state index in [4.69, 9.17) is 0 Å². The van der Waals surface area contributed by atoms with Crippen molar-refractivity contribution in [2.75, 3.05) is 10.6 Å². The first-order chi connectivity index (χ1) is 18.3. The molecule has 3 aromatic rings. The monoisotopic (exact) mass is 708 g/mol. The highest BCUT2D eigenvalue weighted by atomic mass is 79.9. The molecule has 40 heavy (non-hydrogen) atoms. The van der Waals surface area contributed by atoms with E-state index in [9.17, 15) is 49.1 Å². The molecule has 2 N–H and O–H groups in total. The van der Waals surface area contributed by atoms with Crippen LogP contribution in [0.5, 0.6) is 0 Å². The summed E-state index contributed by atoms with van der Waals surface area (Å²) in [6.45, 7) is 0. The minimum absolute atomic E-state index is 0.0274. The van der Waals surface area contributed by atoms with Crippen molar-refractivity contribution in [3.63, 3.8) is 0 Å². The third kappa shape index (κ3) is 5.68. The molecule has 0 radical (unpaired) electrons. The first-order valence-corrected chi connectivity index (χ1v) is 12.1. The van der Waals surface area contributed by atoms with Crippen molar-refractivity contribution in [2.24, 2.45) is 0 Å². The van der Waals surface area contributed by atoms with E-state index in [-0.39, 0.29) is 17.7 Å². The summed E-state index contributed by atoms with van der Waals surface area (Å²) in [6.07, 6.45) is -13.7. The number of amides is 2. The van der Waals surface area contributed by atoms with E-state index in [1.807, 2.05) is 5.32 Å². The van der Waals surface area contributed by atoms with Gasteiger partial charge in [0.25, 0.3) is 11.8 Å². The molecule has 0 heterocycles. The predicted octanol–water partition coefficient (Wildman–Crippen LogP) is 8.78. The van der Waals surface area contributed by atoms with Gasteiger partial charge in [-0.25, -0.2) is 8.78 Å². The standard InChI is InChI=1S/C24H12Br2F10N2O2/c25-14-9-12(21(28,23(31,32)33)22(29,30)24(34,35)36)10-15(26)18(14)38-20(40)13-7-4-8-16(17(13)27)37-19(39)11-5-2-1-3-6-11/h1-10H,(H,37,39)(H,38,40). The molecule has 0 saturated carbocycles. The molecule has 0 saturated heterocycles. The van der Waals surface area contributed by atoms with Crippen molar-refractivity contribution in [3.8, 4) is 0 Å². The maximum Gasteiger partial charge on any atom is 0.457 e. The summed E-state index contributed by atoms with van der Waals surface area (Å²) < 4.78 is 135. The van der Waals surface area contributed by atoms with Crippen LogP contribution < -0.4 is 10.6 Å². The third-order valence-corrected chi connectivity index (χ3v) is 6.64. The number of rotatable bonds is 6. The lowest BCUT2D eigenvalue weighted by atomic mass is 9.87. The second-order valence-electron chi connectivity index (χ2n) is 7.98. The van der Waals surface area contributed by atoms with Gasteiger partial charge in [0.15, 0.2) is 5.82 Å². The Labute approximate surface area is 235 Å². The number of nitrogens with one attached hydrogen (secondary N) is 2. The molecule has 1 atom stereocenters. The highest BCUT2D eigenvalue weighted by Gasteiger charge is 2.81. The molecule has 0 bridgehead atoms. The largest absolute Gasteiger partial charge is 0.457 e. The maximum absolute atomic E-state index is 15.0. The summed E-state index contributed by atoms with van der Waals surface area (Å²) in [7, 11) is 0. The van der Waals surface area contributed by atoms with E-state index < -0.39 is 73.0 Å². The molecule has 4 nitrogen and oxygen atoms in total. The van der Waals surface area contributed by atoms with E-state index in [1.54, 1.807) is 18.2 Å². The number of carbonyl (C=O) groups excluding carboxylic acids is 2. The van der Waals surface area contributed by atoms with Crippen molar-refractivity contribution in [1.82, 2.24) is 0 Å². The van der Waals surface area contributed by atoms with Crippen LogP contribution in [0.2, 0.25) is 0 Å². The van der Waals surface area contributed by atoms with Crippen LogP contribution in [0.1, 0.15) is 26.3 Å². The second kappa shape index (κ2) is 11.0. The van der Waals surface area contributed by atoms with E-state index in [2.05, 4.69) is 37.2 Å². The topological polar surface area (TPSA) is 58.2 Å². The molecule has 3 aromatic carbocycles. The van der Waals surface area contributed by atoms with Gasteiger partial charge in [-0.3, -0.25) is 9.59 Å². The van der Waals surface area contributed by atoms with Gasteiger partial charge in [-0.2, -0.15) is 35.1 Å². The number of hydrogen-bond donors (Lipinski definition) is 2. The Balaban J connectivity index is 1.97. The van der Waals surface area contributed by atoms with Crippen LogP contribution in [-0.2, 0) is 5.67 Å². The fourth-order valence-electron chi connectivity index (χ4n) is 3.38. The Hall–Kier alpha value is -3.14. The number of carbonyl (C=O) groups is 2. The van der Waals surface area contributed by atoms with Crippen LogP contribution in [0, 0.1) is 5.82 Å². The molecule has 0 aliphatic heterocycles. The summed E-state index contributed by atoms with van der Waals surface area (Å²) in [5.41, 5.74) is -9.90. The van der Waals surface area contributed by atoms with Gasteiger partial charge in [0.2, 0.25) is 0 Å². The average molecular weight is 710 g/mol. The first-order valence-electron chi connectivity index (χ1n) is 10.5. The first kappa shape index (κ1) is 31.4. The van der Waals surface area contributed by atoms with Crippen LogP contribution in [0.4, 0.5) is 55.3 Å². The smallest absolute Gasteiger partial charge is 0.320 e. The van der Waals surface area contributed by atoms with E-state index in [0.717, 1.165) is 12.1 Å². The molecule has 1 unspecified atom stereocenters. The van der Waals surface area contributed by atoms with E-state index >= 15 is 4.39 Å². The van der Waals surface area contributed by atoms with Gasteiger partial charge >= 0.3 is 23.9 Å². The zero-order valence-corrected chi connectivity index (χ0v) is 22.3. The molecule has 0 aromatic heterocycles. The molecule has 0 fully saturated rings. The number of benzene rings is 3. The Morgan fingerprint density at radius 1 is 0.675 bits per heavy atom. The molecule has 0 spiro atoms. The summed E-state index contributed by atoms with van der Waals surface area (Å²) in [4.78, 5) is 25.1. The minimum atomic E-state index is -6.93. The van der Waals surface area contributed by atoms with Crippen molar-refractivity contribution in [3.05, 3.63) is 92.1 Å². The number of alkyl halides is 9. The molecule has 0 aliphatic carbocycles. The van der Waals surface area contributed by atoms with Crippen LogP contribution >= 0.6 is 31.9 Å². The van der Waals surface area contributed by atoms with Gasteiger partial charge in [0, 0.05) is 20.1 Å². The zero-order chi connectivity index (χ0) is 30.3. The van der Waals surface area contributed by atoms with E-state index in [0.29, 0.717) is 0 Å². The molecular weight excluding hydrogens is 698 g/mol. The van der Waals surface area contributed by atoms with Gasteiger partial charge in [-0.1, -0.05) is 24.3 Å². The number of halogens is 12. The number of hydrogen-bond acceptors (Lipinski definition) is 2. The molecule has 2 amide bonds. The lowest BCUT2D eigenvalue weighted by Gasteiger charge is -2.36. The summed E-state index contributed by atoms with van der Waals surface area (Å²) >= 11 is 5.22. The highest BCUT2D eigenvalue weighted by molar-refractivity contribution is 9.11. The van der Waals surface area contributed by atoms with Gasteiger partial charge in [-0.05, 0) is 68.3 Å². The molecular formula is C24H12Br2F10N2O2. The SMILES string of the molecule is O=C(Nc1cccc(C(=O)Nc2c(Br)cc(C(F)(C(F)(F)F)C(F)(F)C(F)(F)F)cc2Br)c1F)c1ccccc1. The summed E-state index contributed by atoms with van der Waals surface area (Å²) in [6, 6.07) is 10.8. The lowest BCUT2D eigenvalue weighted by molar-refractivity contribution is -0.389. The molecule has 16 heteroatoms. The summed E-state index contributed by atoms with van der Waals surface area (Å²) in [5, 5.41) is 4.28. The Morgan fingerprint density at radius 3 is 1.73 bits per heavy atom. The molecule has 0 aliphatic rings. The molecule has 3 rings (SSSR count). The fraction of sp³-hybridized carbons (Fsp3) is 0.167. The number of anilines is 2. The second-order valence-corrected chi connectivity index (χ2v) is 9.69. The van der Waals surface area contributed by atoms with Crippen molar-refractivity contribution < 1.29 is 53.5 Å². The van der Waals surface area contributed by atoms with Crippen LogP contribution in [0.25, 0.3) is 0 Å². The Bertz CT molecular complexity index is 1420. The lowest BCUT2D eigenvalue weighted by Crippen LogP contribution is -2.59. The summed E-state index contributed by atoms with van der Waals surface area (Å²) in [5.74, 6) is -10.1. The van der Waals surface area contributed by atoms with Crippen LogP contribution in [-0.4, -0.2) is 30.1 Å². The predicted molar refractivity (Wildman–Crippen MR) is 130 cm³/mol. The van der Waals surface area contributed by atoms with Crippen molar-refractivity contribution in [1.29, 1.82) is 0 Å². The van der Waals surface area contributed by atoms with Crippen molar-refractivity contribution in [2.45, 2.75) is 23.9 Å². The Morgan fingerprint density at radius 2 is 1.23 bits per heavy atom. The Kier molecular flexibility index (Phi) is 8.65. The quantitative estimate of drug-likeness (QED) is 0.252. The van der Waals surface area contributed by atoms with Gasteiger partial charge in [0.05, 0.1) is 16.9 Å². The van der Waals surface area contributed by atoms with Crippen LogP contribution in [0.15, 0.2) is 69.6 Å². The van der Waals surface area contributed by atoms with Gasteiger partial charge in [-0.15, -0.1) is 0 Å². The normalized spacial score (nSPS) is 13.9. The fourth-order valence-corrected chi connectivity index (χ4v) is 4.76. The average Bonchev–Trinajstić information content (AvgIpc) is 2.85. The highest BCUT2D eigenvalue weighted by Crippen LogP contribution is 2.59. The van der Waals surface area contributed by atoms with Gasteiger partial charge < -0.3 is 10.6 Å². The third-order valence-electron chi connectivity index (χ3n) is 5.39.